The number of hydrogen-bond acceptors (Lipinski definition) is 3. The minimum Gasteiger partial charge on any atom is -0.444 e. The Labute approximate surface area is 84.0 Å². The monoisotopic (exact) mass is 199 g/mol. The topological polar surface area (TPSA) is 76.7 Å². The number of nitrogens with zero attached hydrogens (tertiary/aromatic N) is 1. The largest absolute Gasteiger partial charge is 0.444 e. The first kappa shape index (κ1) is 12.5. The van der Waals surface area contributed by atoms with Crippen molar-refractivity contribution in [3.8, 4) is 0 Å². The van der Waals surface area contributed by atoms with Gasteiger partial charge in [0.25, 0.3) is 0 Å². The Morgan fingerprint density at radius 1 is 1.64 bits per heavy atom. The minimum absolute atomic E-state index is 0.0270. The Morgan fingerprint density at radius 3 is 2.64 bits per heavy atom. The lowest BCUT2D eigenvalue weighted by molar-refractivity contribution is 0.0562. The van der Waals surface area contributed by atoms with Gasteiger partial charge in [0.1, 0.15) is 5.60 Å². The maximum atomic E-state index is 11.1. The van der Waals surface area contributed by atoms with Crippen molar-refractivity contribution in [2.24, 2.45) is 10.7 Å². The molecule has 0 aliphatic heterocycles. The lowest BCUT2D eigenvalue weighted by atomic mass is 10.2. The summed E-state index contributed by atoms with van der Waals surface area (Å²) in [6.07, 6.45) is 0.965. The third-order valence-electron chi connectivity index (χ3n) is 1.02. The fourth-order valence-corrected chi connectivity index (χ4v) is 0.611. The van der Waals surface area contributed by atoms with Crippen LogP contribution in [0.25, 0.3) is 0 Å². The van der Waals surface area contributed by atoms with Crippen LogP contribution >= 0.6 is 0 Å². The molecule has 0 saturated heterocycles. The van der Waals surface area contributed by atoms with Gasteiger partial charge < -0.3 is 10.5 Å². The number of nitrogens with two attached hydrogens (primary N) is 1. The molecule has 5 heteroatoms. The van der Waals surface area contributed by atoms with Crippen molar-refractivity contribution >= 4 is 12.1 Å². The van der Waals surface area contributed by atoms with Gasteiger partial charge in [-0.2, -0.15) is 0 Å². The standard InChI is InChI=1S/C9H17N3O2/c1-5-6-11-7(10)12-8(13)14-9(2,3)4/h5H,1,6H2,2-4H3,(H3,10,11,12,13). The van der Waals surface area contributed by atoms with Crippen molar-refractivity contribution in [3.63, 3.8) is 0 Å². The van der Waals surface area contributed by atoms with Gasteiger partial charge in [0.15, 0.2) is 5.96 Å². The molecule has 0 heterocycles. The van der Waals surface area contributed by atoms with Crippen LogP contribution in [0.1, 0.15) is 20.8 Å². The normalized spacial score (nSPS) is 12.1. The van der Waals surface area contributed by atoms with E-state index in [9.17, 15) is 4.79 Å². The molecule has 0 rings (SSSR count). The number of rotatable bonds is 2. The molecule has 0 aromatic rings. The predicted molar refractivity (Wildman–Crippen MR) is 56.1 cm³/mol. The van der Waals surface area contributed by atoms with Crippen LogP contribution < -0.4 is 11.1 Å². The second kappa shape index (κ2) is 5.26. The molecule has 3 N–H and O–H groups in total. The summed E-state index contributed by atoms with van der Waals surface area (Å²) in [5.74, 6) is 0.0270. The van der Waals surface area contributed by atoms with E-state index in [0.29, 0.717) is 6.54 Å². The van der Waals surface area contributed by atoms with E-state index in [2.05, 4.69) is 16.9 Å². The molecule has 0 aromatic carbocycles. The molecular weight excluding hydrogens is 182 g/mol. The molecule has 0 aliphatic rings. The van der Waals surface area contributed by atoms with Crippen LogP contribution in [0.4, 0.5) is 4.79 Å². The minimum atomic E-state index is -0.609. The van der Waals surface area contributed by atoms with E-state index >= 15 is 0 Å². The second-order valence-corrected chi connectivity index (χ2v) is 3.64. The molecule has 0 saturated carbocycles. The lowest BCUT2D eigenvalue weighted by Gasteiger charge is -2.19. The van der Waals surface area contributed by atoms with E-state index < -0.39 is 11.7 Å². The molecule has 1 amide bonds. The number of amides is 1. The SMILES string of the molecule is C=CCN=C(N)NC(=O)OC(C)(C)C. The van der Waals surface area contributed by atoms with Gasteiger partial charge in [-0.3, -0.25) is 5.32 Å². The van der Waals surface area contributed by atoms with Crippen molar-refractivity contribution in [1.82, 2.24) is 5.32 Å². The average Bonchev–Trinajstić information content (AvgIpc) is 1.96. The van der Waals surface area contributed by atoms with Gasteiger partial charge in [-0.25, -0.2) is 9.79 Å². The van der Waals surface area contributed by atoms with Crippen LogP contribution in [0.15, 0.2) is 17.6 Å². The van der Waals surface area contributed by atoms with E-state index in [1.54, 1.807) is 26.8 Å². The lowest BCUT2D eigenvalue weighted by Crippen LogP contribution is -2.40. The number of hydrogen-bond donors (Lipinski definition) is 2. The number of aliphatic imine (C=N–C) groups is 1. The van der Waals surface area contributed by atoms with Crippen LogP contribution in [-0.4, -0.2) is 24.2 Å². The number of carbonyl (C=O) groups is 1. The van der Waals surface area contributed by atoms with E-state index in [1.165, 1.54) is 0 Å². The number of guanidine groups is 1. The maximum absolute atomic E-state index is 11.1. The van der Waals surface area contributed by atoms with Crippen LogP contribution in [0.5, 0.6) is 0 Å². The summed E-state index contributed by atoms with van der Waals surface area (Å²) in [6, 6.07) is 0. The fraction of sp³-hybridized carbons (Fsp3) is 0.556. The number of alkyl carbamates (subject to hydrolysis) is 1. The number of carbonyl (C=O) groups excluding carboxylic acids is 1. The summed E-state index contributed by atoms with van der Waals surface area (Å²) < 4.78 is 4.95. The van der Waals surface area contributed by atoms with Gasteiger partial charge in [-0.15, -0.1) is 6.58 Å². The molecular formula is C9H17N3O2. The zero-order valence-electron chi connectivity index (χ0n) is 8.83. The van der Waals surface area contributed by atoms with E-state index in [-0.39, 0.29) is 5.96 Å². The molecule has 0 unspecified atom stereocenters. The summed E-state index contributed by atoms with van der Waals surface area (Å²) in [6.45, 7) is 9.13. The first-order valence-electron chi connectivity index (χ1n) is 4.26. The maximum Gasteiger partial charge on any atom is 0.414 e. The van der Waals surface area contributed by atoms with E-state index in [0.717, 1.165) is 0 Å². The van der Waals surface area contributed by atoms with Crippen molar-refractivity contribution in [2.45, 2.75) is 26.4 Å². The third-order valence-corrected chi connectivity index (χ3v) is 1.02. The molecule has 0 aromatic heterocycles. The second-order valence-electron chi connectivity index (χ2n) is 3.64. The van der Waals surface area contributed by atoms with Crippen molar-refractivity contribution in [1.29, 1.82) is 0 Å². The van der Waals surface area contributed by atoms with Crippen LogP contribution in [0.2, 0.25) is 0 Å². The quantitative estimate of drug-likeness (QED) is 0.396. The first-order chi connectivity index (χ1) is 6.35. The van der Waals surface area contributed by atoms with Crippen LogP contribution in [0, 0.1) is 0 Å². The molecule has 0 aliphatic carbocycles. The molecule has 0 bridgehead atoms. The zero-order chi connectivity index (χ0) is 11.2. The zero-order valence-corrected chi connectivity index (χ0v) is 8.83. The summed E-state index contributed by atoms with van der Waals surface area (Å²) in [4.78, 5) is 14.9. The summed E-state index contributed by atoms with van der Waals surface area (Å²) in [5, 5.41) is 2.29. The smallest absolute Gasteiger partial charge is 0.414 e. The third kappa shape index (κ3) is 7.15. The highest BCUT2D eigenvalue weighted by molar-refractivity contribution is 5.92. The van der Waals surface area contributed by atoms with Gasteiger partial charge in [0.2, 0.25) is 0 Å². The van der Waals surface area contributed by atoms with Crippen molar-refractivity contribution < 1.29 is 9.53 Å². The predicted octanol–water partition coefficient (Wildman–Crippen LogP) is 1.01. The average molecular weight is 199 g/mol. The van der Waals surface area contributed by atoms with Gasteiger partial charge in [0.05, 0.1) is 6.54 Å². The summed E-state index contributed by atoms with van der Waals surface area (Å²) >= 11 is 0. The molecule has 0 radical (unpaired) electrons. The Morgan fingerprint density at radius 2 is 2.21 bits per heavy atom. The fourth-order valence-electron chi connectivity index (χ4n) is 0.611. The molecule has 0 spiro atoms. The van der Waals surface area contributed by atoms with Crippen molar-refractivity contribution in [3.05, 3.63) is 12.7 Å². The Balaban J connectivity index is 4.00. The van der Waals surface area contributed by atoms with Gasteiger partial charge in [0, 0.05) is 0 Å². The highest BCUT2D eigenvalue weighted by atomic mass is 16.6. The highest BCUT2D eigenvalue weighted by Gasteiger charge is 2.16. The van der Waals surface area contributed by atoms with E-state index in [1.807, 2.05) is 0 Å². The highest BCUT2D eigenvalue weighted by Crippen LogP contribution is 2.05. The summed E-state index contributed by atoms with van der Waals surface area (Å²) in [7, 11) is 0. The molecule has 80 valence electrons. The molecule has 0 atom stereocenters. The number of nitrogens with one attached hydrogen (secondary N) is 1. The van der Waals surface area contributed by atoms with Crippen molar-refractivity contribution in [2.75, 3.05) is 6.54 Å². The first-order valence-corrected chi connectivity index (χ1v) is 4.26. The summed E-state index contributed by atoms with van der Waals surface area (Å²) in [5.41, 5.74) is 4.83. The molecule has 5 nitrogen and oxygen atoms in total. The van der Waals surface area contributed by atoms with Gasteiger partial charge >= 0.3 is 6.09 Å². The van der Waals surface area contributed by atoms with Crippen LogP contribution in [-0.2, 0) is 4.74 Å². The van der Waals surface area contributed by atoms with E-state index in [4.69, 9.17) is 10.5 Å². The number of ether oxygens (including phenoxy) is 1. The Bertz CT molecular complexity index is 241. The molecule has 0 fully saturated rings. The van der Waals surface area contributed by atoms with Crippen LogP contribution in [0.3, 0.4) is 0 Å². The van der Waals surface area contributed by atoms with Gasteiger partial charge in [-0.1, -0.05) is 6.08 Å². The Kier molecular flexibility index (Phi) is 4.69. The molecule has 14 heavy (non-hydrogen) atoms. The Hall–Kier alpha value is -1.52. The van der Waals surface area contributed by atoms with Gasteiger partial charge in [-0.05, 0) is 20.8 Å².